The van der Waals surface area contributed by atoms with Gasteiger partial charge in [0.05, 0.1) is 13.2 Å². The lowest BCUT2D eigenvalue weighted by Crippen LogP contribution is -2.45. The summed E-state index contributed by atoms with van der Waals surface area (Å²) in [6, 6.07) is 19.4. The van der Waals surface area contributed by atoms with E-state index < -0.39 is 17.9 Å². The van der Waals surface area contributed by atoms with Gasteiger partial charge in [-0.15, -0.1) is 0 Å². The Balaban J connectivity index is 1.98. The number of anilines is 1. The van der Waals surface area contributed by atoms with Crippen molar-refractivity contribution in [2.24, 2.45) is 0 Å². The Bertz CT molecular complexity index is 1060. The molecular weight excluding hydrogens is 370 g/mol. The standard InChI is InChI=1S/C23H19NO5/c1-29-17-11-12-18-19(13-17)22(26)24(15-7-9-16(25)10-8-15)21(20(18)23(27)28)14-5-3-2-4-6-14/h2-13,20-21,25H,1H3,(H,27,28). The lowest BCUT2D eigenvalue weighted by molar-refractivity contribution is -0.139. The van der Waals surface area contributed by atoms with E-state index in [2.05, 4.69) is 0 Å². The molecule has 0 radical (unpaired) electrons. The van der Waals surface area contributed by atoms with Crippen molar-refractivity contribution in [1.82, 2.24) is 0 Å². The number of methoxy groups -OCH3 is 1. The number of phenolic OH excluding ortho intramolecular Hbond substituents is 1. The number of hydrogen-bond donors (Lipinski definition) is 2. The lowest BCUT2D eigenvalue weighted by Gasteiger charge is -2.41. The van der Waals surface area contributed by atoms with Crippen LogP contribution in [0.2, 0.25) is 0 Å². The number of benzene rings is 3. The highest BCUT2D eigenvalue weighted by Crippen LogP contribution is 2.45. The number of carbonyl (C=O) groups excluding carboxylic acids is 1. The fourth-order valence-electron chi connectivity index (χ4n) is 3.84. The number of carboxylic acid groups (broad SMARTS) is 1. The maximum Gasteiger partial charge on any atom is 0.313 e. The summed E-state index contributed by atoms with van der Waals surface area (Å²) in [5.41, 5.74) is 1.95. The number of carboxylic acids is 1. The number of phenols is 1. The first-order chi connectivity index (χ1) is 14.0. The van der Waals surface area contributed by atoms with Crippen molar-refractivity contribution in [2.75, 3.05) is 12.0 Å². The van der Waals surface area contributed by atoms with E-state index in [1.165, 1.54) is 24.1 Å². The molecule has 4 rings (SSSR count). The fourth-order valence-corrected chi connectivity index (χ4v) is 3.84. The Labute approximate surface area is 167 Å². The van der Waals surface area contributed by atoms with E-state index in [1.54, 1.807) is 30.3 Å². The summed E-state index contributed by atoms with van der Waals surface area (Å²) >= 11 is 0. The molecule has 1 heterocycles. The van der Waals surface area contributed by atoms with Crippen LogP contribution >= 0.6 is 0 Å². The second-order valence-corrected chi connectivity index (χ2v) is 6.82. The van der Waals surface area contributed by atoms with Crippen molar-refractivity contribution in [3.8, 4) is 11.5 Å². The predicted octanol–water partition coefficient (Wildman–Crippen LogP) is 3.97. The molecule has 0 aliphatic carbocycles. The zero-order valence-electron chi connectivity index (χ0n) is 15.6. The number of fused-ring (bicyclic) bond motifs is 1. The maximum atomic E-state index is 13.5. The van der Waals surface area contributed by atoms with Gasteiger partial charge in [0.1, 0.15) is 17.4 Å². The van der Waals surface area contributed by atoms with Crippen LogP contribution in [0.5, 0.6) is 11.5 Å². The first-order valence-corrected chi connectivity index (χ1v) is 9.09. The topological polar surface area (TPSA) is 87.1 Å². The van der Waals surface area contributed by atoms with Gasteiger partial charge < -0.3 is 14.9 Å². The second-order valence-electron chi connectivity index (χ2n) is 6.82. The number of amides is 1. The van der Waals surface area contributed by atoms with Gasteiger partial charge >= 0.3 is 5.97 Å². The summed E-state index contributed by atoms with van der Waals surface area (Å²) < 4.78 is 5.24. The number of ether oxygens (including phenoxy) is 1. The fraction of sp³-hybridized carbons (Fsp3) is 0.130. The van der Waals surface area contributed by atoms with Crippen LogP contribution in [-0.4, -0.2) is 29.2 Å². The molecule has 29 heavy (non-hydrogen) atoms. The van der Waals surface area contributed by atoms with Gasteiger partial charge in [-0.2, -0.15) is 0 Å². The molecule has 3 aromatic rings. The van der Waals surface area contributed by atoms with E-state index in [0.717, 1.165) is 0 Å². The van der Waals surface area contributed by atoms with Crippen molar-refractivity contribution in [3.05, 3.63) is 89.5 Å². The zero-order chi connectivity index (χ0) is 20.5. The summed E-state index contributed by atoms with van der Waals surface area (Å²) in [5.74, 6) is -1.78. The van der Waals surface area contributed by atoms with Gasteiger partial charge in [0.25, 0.3) is 5.91 Å². The molecule has 146 valence electrons. The quantitative estimate of drug-likeness (QED) is 0.705. The molecule has 2 atom stereocenters. The molecule has 3 aromatic carbocycles. The molecule has 0 fully saturated rings. The van der Waals surface area contributed by atoms with E-state index in [4.69, 9.17) is 4.74 Å². The van der Waals surface area contributed by atoms with Gasteiger partial charge in [0, 0.05) is 11.3 Å². The summed E-state index contributed by atoms with van der Waals surface area (Å²) in [7, 11) is 1.49. The average Bonchev–Trinajstić information content (AvgIpc) is 2.74. The first-order valence-electron chi connectivity index (χ1n) is 9.09. The summed E-state index contributed by atoms with van der Waals surface area (Å²) in [5, 5.41) is 19.8. The minimum absolute atomic E-state index is 0.0614. The molecular formula is C23H19NO5. The van der Waals surface area contributed by atoms with Gasteiger partial charge in [-0.1, -0.05) is 36.4 Å². The highest BCUT2D eigenvalue weighted by Gasteiger charge is 2.45. The molecule has 1 aliphatic heterocycles. The van der Waals surface area contributed by atoms with E-state index in [-0.39, 0.29) is 17.2 Å². The smallest absolute Gasteiger partial charge is 0.313 e. The Hall–Kier alpha value is -3.80. The Morgan fingerprint density at radius 2 is 1.69 bits per heavy atom. The molecule has 1 amide bonds. The predicted molar refractivity (Wildman–Crippen MR) is 107 cm³/mol. The second kappa shape index (κ2) is 7.31. The van der Waals surface area contributed by atoms with Gasteiger partial charge in [-0.3, -0.25) is 14.5 Å². The SMILES string of the molecule is COc1ccc2c(c1)C(=O)N(c1ccc(O)cc1)C(c1ccccc1)C2C(=O)O. The van der Waals surface area contributed by atoms with E-state index in [1.807, 2.05) is 30.3 Å². The summed E-state index contributed by atoms with van der Waals surface area (Å²) in [6.45, 7) is 0. The number of nitrogens with zero attached hydrogens (tertiary/aromatic N) is 1. The van der Waals surface area contributed by atoms with Gasteiger partial charge in [-0.25, -0.2) is 0 Å². The number of carbonyl (C=O) groups is 2. The van der Waals surface area contributed by atoms with Crippen LogP contribution in [0.3, 0.4) is 0 Å². The number of hydrogen-bond acceptors (Lipinski definition) is 4. The van der Waals surface area contributed by atoms with Gasteiger partial charge in [0.2, 0.25) is 0 Å². The third kappa shape index (κ3) is 3.18. The lowest BCUT2D eigenvalue weighted by atomic mass is 9.79. The average molecular weight is 389 g/mol. The highest BCUT2D eigenvalue weighted by atomic mass is 16.5. The van der Waals surface area contributed by atoms with Crippen LogP contribution < -0.4 is 9.64 Å². The van der Waals surface area contributed by atoms with Crippen LogP contribution in [0.15, 0.2) is 72.8 Å². The third-order valence-electron chi connectivity index (χ3n) is 5.17. The minimum Gasteiger partial charge on any atom is -0.508 e. The Kier molecular flexibility index (Phi) is 4.68. The minimum atomic E-state index is -1.03. The molecule has 2 unspecified atom stereocenters. The summed E-state index contributed by atoms with van der Waals surface area (Å²) in [4.78, 5) is 27.4. The number of aromatic hydroxyl groups is 1. The van der Waals surface area contributed by atoms with Crippen molar-refractivity contribution < 1.29 is 24.5 Å². The Morgan fingerprint density at radius 3 is 2.31 bits per heavy atom. The van der Waals surface area contributed by atoms with Gasteiger partial charge in [0.15, 0.2) is 0 Å². The first kappa shape index (κ1) is 18.6. The van der Waals surface area contributed by atoms with Crippen molar-refractivity contribution in [1.29, 1.82) is 0 Å². The molecule has 6 heteroatoms. The summed E-state index contributed by atoms with van der Waals surface area (Å²) in [6.07, 6.45) is 0. The van der Waals surface area contributed by atoms with E-state index in [0.29, 0.717) is 22.6 Å². The highest BCUT2D eigenvalue weighted by molar-refractivity contribution is 6.11. The number of rotatable bonds is 4. The zero-order valence-corrected chi connectivity index (χ0v) is 15.6. The van der Waals surface area contributed by atoms with Crippen LogP contribution in [-0.2, 0) is 4.79 Å². The molecule has 0 saturated heterocycles. The van der Waals surface area contributed by atoms with Crippen LogP contribution in [0.1, 0.15) is 33.4 Å². The molecule has 0 saturated carbocycles. The molecule has 2 N–H and O–H groups in total. The molecule has 1 aliphatic rings. The largest absolute Gasteiger partial charge is 0.508 e. The third-order valence-corrected chi connectivity index (χ3v) is 5.17. The molecule has 0 aromatic heterocycles. The maximum absolute atomic E-state index is 13.5. The molecule has 0 bridgehead atoms. The van der Waals surface area contributed by atoms with Crippen LogP contribution in [0.4, 0.5) is 5.69 Å². The van der Waals surface area contributed by atoms with E-state index >= 15 is 0 Å². The Morgan fingerprint density at radius 1 is 1.00 bits per heavy atom. The number of aliphatic carboxylic acids is 1. The van der Waals surface area contributed by atoms with Gasteiger partial charge in [-0.05, 0) is 47.5 Å². The van der Waals surface area contributed by atoms with Crippen molar-refractivity contribution >= 4 is 17.6 Å². The molecule has 0 spiro atoms. The molecule has 6 nitrogen and oxygen atoms in total. The van der Waals surface area contributed by atoms with Crippen molar-refractivity contribution in [2.45, 2.75) is 12.0 Å². The van der Waals surface area contributed by atoms with Crippen LogP contribution in [0, 0.1) is 0 Å². The van der Waals surface area contributed by atoms with E-state index in [9.17, 15) is 19.8 Å². The van der Waals surface area contributed by atoms with Crippen LogP contribution in [0.25, 0.3) is 0 Å². The monoisotopic (exact) mass is 389 g/mol. The van der Waals surface area contributed by atoms with Crippen molar-refractivity contribution in [3.63, 3.8) is 0 Å². The normalized spacial score (nSPS) is 18.2.